The highest BCUT2D eigenvalue weighted by Gasteiger charge is 2.17. The van der Waals surface area contributed by atoms with Gasteiger partial charge in [0, 0.05) is 17.2 Å². The average molecular weight is 418 g/mol. The predicted octanol–water partition coefficient (Wildman–Crippen LogP) is 6.27. The summed E-state index contributed by atoms with van der Waals surface area (Å²) < 4.78 is 11.9. The Kier molecular flexibility index (Phi) is 7.08. The number of amides is 1. The van der Waals surface area contributed by atoms with Crippen molar-refractivity contribution in [2.45, 2.75) is 58.1 Å². The lowest BCUT2D eigenvalue weighted by Crippen LogP contribution is -2.34. The molecule has 1 aliphatic rings. The van der Waals surface area contributed by atoms with Gasteiger partial charge in [0.25, 0.3) is 5.91 Å². The number of benzene rings is 3. The van der Waals surface area contributed by atoms with E-state index in [0.29, 0.717) is 18.8 Å². The van der Waals surface area contributed by atoms with Crippen LogP contribution in [0.4, 0.5) is 0 Å². The summed E-state index contributed by atoms with van der Waals surface area (Å²) in [6.07, 6.45) is 7.07. The highest BCUT2D eigenvalue weighted by Crippen LogP contribution is 2.25. The zero-order valence-electron chi connectivity index (χ0n) is 18.2. The van der Waals surface area contributed by atoms with Gasteiger partial charge in [0.1, 0.15) is 18.1 Å². The number of rotatable bonds is 7. The molecule has 0 bridgehead atoms. The third kappa shape index (κ3) is 5.57. The molecule has 0 aromatic heterocycles. The van der Waals surface area contributed by atoms with E-state index in [1.807, 2.05) is 49.4 Å². The van der Waals surface area contributed by atoms with E-state index in [4.69, 9.17) is 9.47 Å². The molecule has 0 heterocycles. The molecule has 162 valence electrons. The van der Waals surface area contributed by atoms with E-state index in [1.165, 1.54) is 31.1 Å². The van der Waals surface area contributed by atoms with E-state index in [9.17, 15) is 4.79 Å². The fourth-order valence-corrected chi connectivity index (χ4v) is 4.24. The summed E-state index contributed by atoms with van der Waals surface area (Å²) in [5.74, 6) is 1.55. The first-order chi connectivity index (χ1) is 15.2. The molecule has 0 saturated heterocycles. The van der Waals surface area contributed by atoms with E-state index in [0.717, 1.165) is 35.3 Å². The third-order valence-electron chi connectivity index (χ3n) is 5.93. The number of nitrogens with one attached hydrogen (secondary N) is 1. The van der Waals surface area contributed by atoms with Crippen LogP contribution >= 0.6 is 0 Å². The first kappa shape index (κ1) is 21.2. The molecule has 0 spiro atoms. The van der Waals surface area contributed by atoms with Crippen LogP contribution in [0, 0.1) is 0 Å². The molecule has 0 radical (unpaired) electrons. The number of hydrogen-bond acceptors (Lipinski definition) is 3. The number of ether oxygens (including phenoxy) is 2. The molecule has 1 aliphatic carbocycles. The second-order valence-corrected chi connectivity index (χ2v) is 8.22. The Balaban J connectivity index is 1.48. The van der Waals surface area contributed by atoms with Gasteiger partial charge in [-0.2, -0.15) is 0 Å². The van der Waals surface area contributed by atoms with E-state index < -0.39 is 0 Å². The highest BCUT2D eigenvalue weighted by atomic mass is 16.5. The maximum absolute atomic E-state index is 12.9. The summed E-state index contributed by atoms with van der Waals surface area (Å²) in [6.45, 7) is 2.87. The molecule has 1 saturated carbocycles. The van der Waals surface area contributed by atoms with Crippen molar-refractivity contribution in [3.8, 4) is 11.5 Å². The lowest BCUT2D eigenvalue weighted by Gasteiger charge is -2.17. The minimum Gasteiger partial charge on any atom is -0.493 e. The summed E-state index contributed by atoms with van der Waals surface area (Å²) in [5, 5.41) is 5.55. The van der Waals surface area contributed by atoms with Crippen molar-refractivity contribution in [1.82, 2.24) is 5.32 Å². The molecule has 4 rings (SSSR count). The lowest BCUT2D eigenvalue weighted by molar-refractivity contribution is 0.0933. The Morgan fingerprint density at radius 1 is 0.903 bits per heavy atom. The monoisotopic (exact) mass is 417 g/mol. The smallest absolute Gasteiger partial charge is 0.251 e. The first-order valence-electron chi connectivity index (χ1n) is 11.4. The average Bonchev–Trinajstić information content (AvgIpc) is 3.07. The molecule has 1 N–H and O–H groups in total. The molecule has 4 nitrogen and oxygen atoms in total. The van der Waals surface area contributed by atoms with Crippen molar-refractivity contribution in [1.29, 1.82) is 0 Å². The highest BCUT2D eigenvalue weighted by molar-refractivity contribution is 5.94. The third-order valence-corrected chi connectivity index (χ3v) is 5.93. The summed E-state index contributed by atoms with van der Waals surface area (Å²) >= 11 is 0. The molecule has 3 aromatic carbocycles. The zero-order chi connectivity index (χ0) is 21.5. The summed E-state index contributed by atoms with van der Waals surface area (Å²) in [6, 6.07) is 20.2. The SMILES string of the molecule is CCOc1ccc(C(=O)NC2CCCCCC2)cc1COc1ccc2ccccc2c1. The van der Waals surface area contributed by atoms with Crippen LogP contribution in [0.25, 0.3) is 10.8 Å². The van der Waals surface area contributed by atoms with Gasteiger partial charge in [-0.05, 0) is 60.9 Å². The standard InChI is InChI=1S/C27H31NO3/c1-2-30-26-16-14-22(27(29)28-24-11-5-3-4-6-12-24)17-23(26)19-31-25-15-13-20-9-7-8-10-21(20)18-25/h7-10,13-18,24H,2-6,11-12,19H2,1H3,(H,28,29). The van der Waals surface area contributed by atoms with Crippen LogP contribution in [-0.4, -0.2) is 18.6 Å². The Morgan fingerprint density at radius 3 is 2.45 bits per heavy atom. The number of carbonyl (C=O) groups excluding carboxylic acids is 1. The molecular formula is C27H31NO3. The fraction of sp³-hybridized carbons (Fsp3) is 0.370. The van der Waals surface area contributed by atoms with E-state index >= 15 is 0 Å². The van der Waals surface area contributed by atoms with Crippen molar-refractivity contribution in [2.24, 2.45) is 0 Å². The minimum atomic E-state index is -0.0121. The van der Waals surface area contributed by atoms with Crippen LogP contribution in [-0.2, 0) is 6.61 Å². The Morgan fingerprint density at radius 2 is 1.68 bits per heavy atom. The maximum atomic E-state index is 12.9. The van der Waals surface area contributed by atoms with Gasteiger partial charge in [-0.15, -0.1) is 0 Å². The lowest BCUT2D eigenvalue weighted by atomic mass is 10.1. The number of carbonyl (C=O) groups is 1. The van der Waals surface area contributed by atoms with Crippen molar-refractivity contribution in [3.63, 3.8) is 0 Å². The quantitative estimate of drug-likeness (QED) is 0.461. The van der Waals surface area contributed by atoms with Crippen LogP contribution in [0.3, 0.4) is 0 Å². The van der Waals surface area contributed by atoms with Gasteiger partial charge in [0.2, 0.25) is 0 Å². The number of fused-ring (bicyclic) bond motifs is 1. The van der Waals surface area contributed by atoms with Gasteiger partial charge < -0.3 is 14.8 Å². The van der Waals surface area contributed by atoms with Gasteiger partial charge in [0.15, 0.2) is 0 Å². The Hall–Kier alpha value is -3.01. The van der Waals surface area contributed by atoms with Crippen molar-refractivity contribution < 1.29 is 14.3 Å². The van der Waals surface area contributed by atoms with E-state index in [-0.39, 0.29) is 11.9 Å². The largest absolute Gasteiger partial charge is 0.493 e. The minimum absolute atomic E-state index is 0.0121. The van der Waals surface area contributed by atoms with Crippen LogP contribution in [0.2, 0.25) is 0 Å². The molecule has 1 fully saturated rings. The molecule has 0 aliphatic heterocycles. The zero-order valence-corrected chi connectivity index (χ0v) is 18.2. The molecule has 4 heteroatoms. The van der Waals surface area contributed by atoms with E-state index in [1.54, 1.807) is 0 Å². The van der Waals surface area contributed by atoms with Gasteiger partial charge in [0.05, 0.1) is 6.61 Å². The van der Waals surface area contributed by atoms with Crippen LogP contribution in [0.1, 0.15) is 61.4 Å². The molecule has 0 unspecified atom stereocenters. The van der Waals surface area contributed by atoms with Gasteiger partial charge >= 0.3 is 0 Å². The number of hydrogen-bond donors (Lipinski definition) is 1. The predicted molar refractivity (Wildman–Crippen MR) is 125 cm³/mol. The topological polar surface area (TPSA) is 47.6 Å². The first-order valence-corrected chi connectivity index (χ1v) is 11.4. The second kappa shape index (κ2) is 10.3. The van der Waals surface area contributed by atoms with Crippen molar-refractivity contribution in [2.75, 3.05) is 6.61 Å². The van der Waals surface area contributed by atoms with Crippen molar-refractivity contribution in [3.05, 3.63) is 71.8 Å². The van der Waals surface area contributed by atoms with Crippen LogP contribution in [0.15, 0.2) is 60.7 Å². The maximum Gasteiger partial charge on any atom is 0.251 e. The van der Waals surface area contributed by atoms with Crippen molar-refractivity contribution >= 4 is 16.7 Å². The Bertz CT molecular complexity index is 1020. The summed E-state index contributed by atoms with van der Waals surface area (Å²) in [4.78, 5) is 12.9. The molecule has 0 atom stereocenters. The molecule has 3 aromatic rings. The van der Waals surface area contributed by atoms with Crippen LogP contribution in [0.5, 0.6) is 11.5 Å². The molecule has 1 amide bonds. The van der Waals surface area contributed by atoms with Gasteiger partial charge in [-0.25, -0.2) is 0 Å². The summed E-state index contributed by atoms with van der Waals surface area (Å²) in [5.41, 5.74) is 1.54. The van der Waals surface area contributed by atoms with Gasteiger partial charge in [-0.1, -0.05) is 56.0 Å². The second-order valence-electron chi connectivity index (χ2n) is 8.22. The molecular weight excluding hydrogens is 386 g/mol. The Labute approximate surface area is 184 Å². The normalized spacial score (nSPS) is 14.7. The van der Waals surface area contributed by atoms with Gasteiger partial charge in [-0.3, -0.25) is 4.79 Å². The fourth-order valence-electron chi connectivity index (χ4n) is 4.24. The molecule has 31 heavy (non-hydrogen) atoms. The van der Waals surface area contributed by atoms with E-state index in [2.05, 4.69) is 23.5 Å². The van der Waals surface area contributed by atoms with Crippen LogP contribution < -0.4 is 14.8 Å². The summed E-state index contributed by atoms with van der Waals surface area (Å²) in [7, 11) is 0.